The molecule has 0 N–H and O–H groups in total. The van der Waals surface area contributed by atoms with Crippen LogP contribution in [0.25, 0.3) is 11.0 Å². The van der Waals surface area contributed by atoms with E-state index in [-0.39, 0.29) is 0 Å². The Morgan fingerprint density at radius 1 is 0.941 bits per heavy atom. The molecule has 0 aliphatic rings. The minimum Gasteiger partial charge on any atom is -0.334 e. The number of hydrogen-bond donors (Lipinski definition) is 0. The molecule has 0 aliphatic carbocycles. The first-order valence-corrected chi connectivity index (χ1v) is 10.9. The minimum absolute atomic E-state index is 0.509. The Labute approximate surface area is 197 Å². The monoisotopic (exact) mass is 450 g/mol. The highest BCUT2D eigenvalue weighted by atomic mass is 19.1. The Morgan fingerprint density at radius 3 is 2.21 bits per heavy atom. The van der Waals surface area contributed by atoms with Crippen LogP contribution in [0.3, 0.4) is 0 Å². The van der Waals surface area contributed by atoms with Crippen molar-refractivity contribution in [2.24, 2.45) is 12.0 Å². The third kappa shape index (κ3) is 4.03. The van der Waals surface area contributed by atoms with Crippen LogP contribution in [0.2, 0.25) is 0 Å². The van der Waals surface area contributed by atoms with Gasteiger partial charge < -0.3 is 9.47 Å². The second kappa shape index (κ2) is 8.86. The molecule has 34 heavy (non-hydrogen) atoms. The highest BCUT2D eigenvalue weighted by Crippen LogP contribution is 2.32. The van der Waals surface area contributed by atoms with Crippen molar-refractivity contribution in [3.05, 3.63) is 108 Å². The number of rotatable bonds is 5. The molecule has 3 aromatic heterocycles. The summed E-state index contributed by atoms with van der Waals surface area (Å²) in [6.45, 7) is 1.85. The number of hydrogen-bond acceptors (Lipinski definition) is 5. The van der Waals surface area contributed by atoms with E-state index in [1.807, 2.05) is 97.2 Å². The predicted molar refractivity (Wildman–Crippen MR) is 134 cm³/mol. The zero-order valence-electron chi connectivity index (χ0n) is 19.1. The molecule has 168 valence electrons. The Bertz CT molecular complexity index is 1450. The summed E-state index contributed by atoms with van der Waals surface area (Å²) in [6, 6.07) is 23.4. The molecule has 0 unspecified atom stereocenters. The fourth-order valence-electron chi connectivity index (χ4n) is 3.93. The molecule has 0 radical (unpaired) electrons. The molecule has 0 amide bonds. The van der Waals surface area contributed by atoms with E-state index in [0.29, 0.717) is 17.2 Å². The van der Waals surface area contributed by atoms with Gasteiger partial charge in [0.2, 0.25) is 5.95 Å². The van der Waals surface area contributed by atoms with Crippen molar-refractivity contribution < 1.29 is 4.39 Å². The predicted octanol–water partition coefficient (Wildman–Crippen LogP) is 5.75. The highest BCUT2D eigenvalue weighted by Gasteiger charge is 2.17. The molecule has 0 spiro atoms. The van der Waals surface area contributed by atoms with Crippen LogP contribution in [0.4, 0.5) is 21.7 Å². The average molecular weight is 451 g/mol. The molecule has 3 heterocycles. The van der Waals surface area contributed by atoms with Gasteiger partial charge in [-0.3, -0.25) is 0 Å². The van der Waals surface area contributed by atoms with Gasteiger partial charge in [0, 0.05) is 31.3 Å². The van der Waals surface area contributed by atoms with Crippen LogP contribution in [0.15, 0.2) is 90.3 Å². The van der Waals surface area contributed by atoms with E-state index in [4.69, 9.17) is 9.98 Å². The van der Waals surface area contributed by atoms with Crippen LogP contribution < -0.4 is 4.90 Å². The second-order valence-corrected chi connectivity index (χ2v) is 8.07. The van der Waals surface area contributed by atoms with Crippen LogP contribution in [-0.2, 0) is 7.05 Å². The quantitative estimate of drug-likeness (QED) is 0.253. The van der Waals surface area contributed by atoms with E-state index in [1.165, 1.54) is 12.3 Å². The fraction of sp³-hybridized carbons (Fsp3) is 0.111. The molecule has 0 bridgehead atoms. The number of fused-ring (bicyclic) bond motifs is 1. The standard InChI is InChI=1S/C27H23FN6/c1-18-14-23(28)29-16-22(18)34(3)24-15-21-26(30-17-33(21)2)27(31-24)32-25(19-10-6-4-7-11-19)20-12-8-5-9-13-20/h4-17H,1-3H3. The maximum absolute atomic E-state index is 13.6. The van der Waals surface area contributed by atoms with Crippen molar-refractivity contribution in [3.8, 4) is 0 Å². The Kier molecular flexibility index (Phi) is 5.59. The first kappa shape index (κ1) is 21.5. The van der Waals surface area contributed by atoms with Gasteiger partial charge in [-0.05, 0) is 18.6 Å². The van der Waals surface area contributed by atoms with Gasteiger partial charge in [-0.1, -0.05) is 60.7 Å². The summed E-state index contributed by atoms with van der Waals surface area (Å²) in [6.07, 6.45) is 3.27. The third-order valence-electron chi connectivity index (χ3n) is 5.75. The summed E-state index contributed by atoms with van der Waals surface area (Å²) < 4.78 is 15.5. The normalized spacial score (nSPS) is 10.9. The number of aliphatic imine (C=N–C) groups is 1. The van der Waals surface area contributed by atoms with Gasteiger partial charge in [0.1, 0.15) is 11.3 Å². The number of aromatic nitrogens is 4. The molecular weight excluding hydrogens is 427 g/mol. The van der Waals surface area contributed by atoms with Crippen LogP contribution >= 0.6 is 0 Å². The molecule has 0 saturated heterocycles. The Hall–Kier alpha value is -4.39. The lowest BCUT2D eigenvalue weighted by atomic mass is 10.0. The zero-order valence-corrected chi connectivity index (χ0v) is 19.1. The molecule has 6 nitrogen and oxygen atoms in total. The van der Waals surface area contributed by atoms with Gasteiger partial charge in [-0.2, -0.15) is 4.39 Å². The summed E-state index contributed by atoms with van der Waals surface area (Å²) in [5, 5.41) is 0. The minimum atomic E-state index is -0.509. The summed E-state index contributed by atoms with van der Waals surface area (Å²) >= 11 is 0. The van der Waals surface area contributed by atoms with Crippen LogP contribution in [0.5, 0.6) is 0 Å². The molecule has 7 heteroatoms. The number of aryl methyl sites for hydroxylation is 2. The van der Waals surface area contributed by atoms with E-state index in [2.05, 4.69) is 9.97 Å². The van der Waals surface area contributed by atoms with Crippen LogP contribution in [0, 0.1) is 12.9 Å². The number of anilines is 2. The second-order valence-electron chi connectivity index (χ2n) is 8.07. The summed E-state index contributed by atoms with van der Waals surface area (Å²) in [7, 11) is 3.82. The van der Waals surface area contributed by atoms with Crippen molar-refractivity contribution >= 4 is 34.1 Å². The van der Waals surface area contributed by atoms with Crippen molar-refractivity contribution in [2.45, 2.75) is 6.92 Å². The lowest BCUT2D eigenvalue weighted by Gasteiger charge is -2.20. The summed E-state index contributed by atoms with van der Waals surface area (Å²) in [4.78, 5) is 20.2. The van der Waals surface area contributed by atoms with E-state index in [9.17, 15) is 4.39 Å². The highest BCUT2D eigenvalue weighted by molar-refractivity contribution is 6.14. The van der Waals surface area contributed by atoms with Gasteiger partial charge in [-0.25, -0.2) is 19.9 Å². The van der Waals surface area contributed by atoms with Gasteiger partial charge in [0.25, 0.3) is 0 Å². The van der Waals surface area contributed by atoms with Gasteiger partial charge in [0.05, 0.1) is 29.4 Å². The molecular formula is C27H23FN6. The van der Waals surface area contributed by atoms with Gasteiger partial charge in [-0.15, -0.1) is 0 Å². The zero-order chi connectivity index (χ0) is 23.7. The number of pyridine rings is 2. The maximum Gasteiger partial charge on any atom is 0.213 e. The Morgan fingerprint density at radius 2 is 1.59 bits per heavy atom. The first-order chi connectivity index (χ1) is 16.5. The molecule has 2 aromatic carbocycles. The largest absolute Gasteiger partial charge is 0.334 e. The summed E-state index contributed by atoms with van der Waals surface area (Å²) in [5.41, 5.74) is 5.90. The fourth-order valence-corrected chi connectivity index (χ4v) is 3.93. The lowest BCUT2D eigenvalue weighted by Crippen LogP contribution is -2.13. The van der Waals surface area contributed by atoms with Crippen LogP contribution in [-0.4, -0.2) is 32.3 Å². The van der Waals surface area contributed by atoms with Crippen molar-refractivity contribution in [1.29, 1.82) is 0 Å². The average Bonchev–Trinajstić information content (AvgIpc) is 3.24. The topological polar surface area (TPSA) is 59.2 Å². The molecule has 0 atom stereocenters. The van der Waals surface area contributed by atoms with E-state index >= 15 is 0 Å². The van der Waals surface area contributed by atoms with E-state index < -0.39 is 5.95 Å². The first-order valence-electron chi connectivity index (χ1n) is 10.9. The molecule has 0 saturated carbocycles. The van der Waals surface area contributed by atoms with E-state index in [1.54, 1.807) is 6.33 Å². The van der Waals surface area contributed by atoms with Gasteiger partial charge >= 0.3 is 0 Å². The van der Waals surface area contributed by atoms with E-state index in [0.717, 1.165) is 33.6 Å². The Balaban J connectivity index is 1.72. The molecule has 0 aliphatic heterocycles. The third-order valence-corrected chi connectivity index (χ3v) is 5.75. The SMILES string of the molecule is Cc1cc(F)ncc1N(C)c1cc2c(ncn2C)c(N=C(c2ccccc2)c2ccccc2)n1. The van der Waals surface area contributed by atoms with Crippen LogP contribution in [0.1, 0.15) is 16.7 Å². The molecule has 5 aromatic rings. The molecule has 0 fully saturated rings. The summed E-state index contributed by atoms with van der Waals surface area (Å²) in [5.74, 6) is 0.660. The van der Waals surface area contributed by atoms with Crippen molar-refractivity contribution in [2.75, 3.05) is 11.9 Å². The number of imidazole rings is 1. The number of nitrogens with zero attached hydrogens (tertiary/aromatic N) is 6. The molecule has 5 rings (SSSR count). The number of halogens is 1. The smallest absolute Gasteiger partial charge is 0.213 e. The van der Waals surface area contributed by atoms with Crippen molar-refractivity contribution in [3.63, 3.8) is 0 Å². The number of benzene rings is 2. The van der Waals surface area contributed by atoms with Gasteiger partial charge in [0.15, 0.2) is 5.82 Å². The van der Waals surface area contributed by atoms with Crippen molar-refractivity contribution in [1.82, 2.24) is 19.5 Å². The maximum atomic E-state index is 13.6. The lowest BCUT2D eigenvalue weighted by molar-refractivity contribution is 0.582.